The van der Waals surface area contributed by atoms with Crippen LogP contribution in [0, 0.1) is 6.92 Å². The maximum atomic E-state index is 12.5. The molecule has 0 fully saturated rings. The van der Waals surface area contributed by atoms with E-state index in [1.54, 1.807) is 12.3 Å². The van der Waals surface area contributed by atoms with Crippen molar-refractivity contribution >= 4 is 17.1 Å². The molecule has 0 unspecified atom stereocenters. The Balaban J connectivity index is 1.61. The number of hydrogen-bond donors (Lipinski definition) is 1. The van der Waals surface area contributed by atoms with E-state index in [-0.39, 0.29) is 5.91 Å². The van der Waals surface area contributed by atoms with Crippen LogP contribution in [-0.4, -0.2) is 20.4 Å². The topological polar surface area (TPSA) is 73.0 Å². The van der Waals surface area contributed by atoms with Crippen LogP contribution in [-0.2, 0) is 13.1 Å². The Kier molecular flexibility index (Phi) is 4.46. The van der Waals surface area contributed by atoms with Gasteiger partial charge in [-0.3, -0.25) is 4.79 Å². The third-order valence-electron chi connectivity index (χ3n) is 4.42. The normalized spacial score (nSPS) is 11.0. The van der Waals surface area contributed by atoms with Gasteiger partial charge in [0.15, 0.2) is 5.65 Å². The van der Waals surface area contributed by atoms with E-state index in [1.807, 2.05) is 49.4 Å². The van der Waals surface area contributed by atoms with Crippen LogP contribution >= 0.6 is 0 Å². The number of amides is 1. The molecule has 0 bridgehead atoms. The molecule has 3 aromatic heterocycles. The molecule has 0 aliphatic rings. The Morgan fingerprint density at radius 2 is 2.07 bits per heavy atom. The number of nitrogens with zero attached hydrogens (tertiary/aromatic N) is 3. The Morgan fingerprint density at radius 1 is 1.19 bits per heavy atom. The summed E-state index contributed by atoms with van der Waals surface area (Å²) in [5, 5.41) is 2.89. The highest BCUT2D eigenvalue weighted by Gasteiger charge is 2.14. The van der Waals surface area contributed by atoms with Crippen LogP contribution in [0.5, 0.6) is 0 Å². The molecule has 4 rings (SSSR count). The van der Waals surface area contributed by atoms with E-state index in [1.165, 1.54) is 0 Å². The molecule has 0 atom stereocenters. The molecule has 136 valence electrons. The molecule has 27 heavy (non-hydrogen) atoms. The molecule has 0 saturated heterocycles. The minimum Gasteiger partial charge on any atom is -0.465 e. The van der Waals surface area contributed by atoms with E-state index in [4.69, 9.17) is 9.40 Å². The lowest BCUT2D eigenvalue weighted by Crippen LogP contribution is -2.22. The summed E-state index contributed by atoms with van der Waals surface area (Å²) in [4.78, 5) is 21.7. The highest BCUT2D eigenvalue weighted by molar-refractivity contribution is 5.95. The average Bonchev–Trinajstić information content (AvgIpc) is 3.29. The van der Waals surface area contributed by atoms with E-state index in [9.17, 15) is 4.79 Å². The number of hydrogen-bond acceptors (Lipinski definition) is 4. The Hall–Kier alpha value is -3.41. The third-order valence-corrected chi connectivity index (χ3v) is 4.42. The van der Waals surface area contributed by atoms with Gasteiger partial charge in [-0.25, -0.2) is 9.97 Å². The van der Waals surface area contributed by atoms with Crippen LogP contribution in [0.25, 0.3) is 22.6 Å². The van der Waals surface area contributed by atoms with Crippen molar-refractivity contribution in [1.82, 2.24) is 19.9 Å². The fraction of sp³-hybridized carbons (Fsp3) is 0.190. The highest BCUT2D eigenvalue weighted by Crippen LogP contribution is 2.24. The molecular weight excluding hydrogens is 340 g/mol. The zero-order chi connectivity index (χ0) is 18.8. The molecule has 0 saturated carbocycles. The van der Waals surface area contributed by atoms with Gasteiger partial charge in [0.25, 0.3) is 5.91 Å². The van der Waals surface area contributed by atoms with E-state index >= 15 is 0 Å². The van der Waals surface area contributed by atoms with Crippen molar-refractivity contribution in [3.63, 3.8) is 0 Å². The average molecular weight is 360 g/mol. The number of fused-ring (bicyclic) bond motifs is 1. The van der Waals surface area contributed by atoms with Crippen LogP contribution < -0.4 is 5.32 Å². The van der Waals surface area contributed by atoms with Crippen LogP contribution in [0.1, 0.15) is 28.8 Å². The molecule has 3 heterocycles. The van der Waals surface area contributed by atoms with Gasteiger partial charge in [0, 0.05) is 23.9 Å². The zero-order valence-corrected chi connectivity index (χ0v) is 15.3. The molecule has 1 amide bonds. The van der Waals surface area contributed by atoms with Crippen molar-refractivity contribution in [2.24, 2.45) is 0 Å². The van der Waals surface area contributed by atoms with Gasteiger partial charge in [0.05, 0.1) is 6.54 Å². The summed E-state index contributed by atoms with van der Waals surface area (Å²) in [6.07, 6.45) is 1.76. The van der Waals surface area contributed by atoms with Gasteiger partial charge in [0.1, 0.15) is 22.9 Å². The smallest absolute Gasteiger partial charge is 0.251 e. The lowest BCUT2D eigenvalue weighted by atomic mass is 10.1. The number of nitrogens with one attached hydrogen (secondary N) is 1. The minimum atomic E-state index is -0.150. The van der Waals surface area contributed by atoms with Crippen LogP contribution in [0.4, 0.5) is 0 Å². The number of benzene rings is 1. The molecule has 0 spiro atoms. The van der Waals surface area contributed by atoms with E-state index in [0.717, 1.165) is 40.6 Å². The van der Waals surface area contributed by atoms with E-state index in [0.29, 0.717) is 12.1 Å². The second-order valence-corrected chi connectivity index (χ2v) is 6.30. The number of aromatic nitrogens is 3. The van der Waals surface area contributed by atoms with Gasteiger partial charge >= 0.3 is 0 Å². The SMILES string of the molecule is CCn1c(-c2cccc(C(=O)NCc3ccc(C)o3)c2)nc2cccnc21. The molecule has 0 aliphatic heterocycles. The molecule has 1 N–H and O–H groups in total. The lowest BCUT2D eigenvalue weighted by Gasteiger charge is -2.08. The number of imidazole rings is 1. The molecular formula is C21H20N4O2. The minimum absolute atomic E-state index is 0.150. The maximum Gasteiger partial charge on any atom is 0.251 e. The summed E-state index contributed by atoms with van der Waals surface area (Å²) >= 11 is 0. The second kappa shape index (κ2) is 7.07. The van der Waals surface area contributed by atoms with Crippen molar-refractivity contribution in [1.29, 1.82) is 0 Å². The number of carbonyl (C=O) groups excluding carboxylic acids is 1. The van der Waals surface area contributed by atoms with Crippen molar-refractivity contribution in [3.8, 4) is 11.4 Å². The standard InChI is InChI=1S/C21H20N4O2/c1-3-25-19(24-18-8-5-11-22-20(18)25)15-6-4-7-16(12-15)21(26)23-13-17-10-9-14(2)27-17/h4-12H,3,13H2,1-2H3,(H,23,26). The number of furan rings is 1. The quantitative estimate of drug-likeness (QED) is 0.585. The van der Waals surface area contributed by atoms with Gasteiger partial charge in [-0.15, -0.1) is 0 Å². The van der Waals surface area contributed by atoms with Crippen molar-refractivity contribution in [3.05, 3.63) is 71.8 Å². The fourth-order valence-electron chi connectivity index (χ4n) is 3.13. The van der Waals surface area contributed by atoms with Crippen LogP contribution in [0.2, 0.25) is 0 Å². The molecule has 0 radical (unpaired) electrons. The zero-order valence-electron chi connectivity index (χ0n) is 15.3. The van der Waals surface area contributed by atoms with Crippen molar-refractivity contribution in [2.45, 2.75) is 26.9 Å². The molecule has 6 heteroatoms. The van der Waals surface area contributed by atoms with E-state index < -0.39 is 0 Å². The van der Waals surface area contributed by atoms with Gasteiger partial charge in [-0.2, -0.15) is 0 Å². The highest BCUT2D eigenvalue weighted by atomic mass is 16.3. The fourth-order valence-corrected chi connectivity index (χ4v) is 3.13. The molecule has 0 aliphatic carbocycles. The lowest BCUT2D eigenvalue weighted by molar-refractivity contribution is 0.0948. The number of rotatable bonds is 5. The van der Waals surface area contributed by atoms with Gasteiger partial charge in [0.2, 0.25) is 0 Å². The van der Waals surface area contributed by atoms with Gasteiger partial charge in [-0.05, 0) is 50.2 Å². The first-order valence-corrected chi connectivity index (χ1v) is 8.91. The predicted octanol–water partition coefficient (Wildman–Crippen LogP) is 3.95. The second-order valence-electron chi connectivity index (χ2n) is 6.30. The van der Waals surface area contributed by atoms with Crippen LogP contribution in [0.3, 0.4) is 0 Å². The summed E-state index contributed by atoms with van der Waals surface area (Å²) < 4.78 is 7.55. The first-order valence-electron chi connectivity index (χ1n) is 8.91. The maximum absolute atomic E-state index is 12.5. The van der Waals surface area contributed by atoms with Crippen molar-refractivity contribution in [2.75, 3.05) is 0 Å². The largest absolute Gasteiger partial charge is 0.465 e. The third kappa shape index (κ3) is 3.33. The number of pyridine rings is 1. The summed E-state index contributed by atoms with van der Waals surface area (Å²) in [6.45, 7) is 5.04. The number of carbonyl (C=O) groups is 1. The van der Waals surface area contributed by atoms with Crippen LogP contribution in [0.15, 0.2) is 59.1 Å². The van der Waals surface area contributed by atoms with E-state index in [2.05, 4.69) is 21.8 Å². The first kappa shape index (κ1) is 17.0. The molecule has 1 aromatic carbocycles. The molecule has 6 nitrogen and oxygen atoms in total. The van der Waals surface area contributed by atoms with Gasteiger partial charge < -0.3 is 14.3 Å². The Morgan fingerprint density at radius 3 is 2.85 bits per heavy atom. The van der Waals surface area contributed by atoms with Gasteiger partial charge in [-0.1, -0.05) is 12.1 Å². The van der Waals surface area contributed by atoms with Crippen molar-refractivity contribution < 1.29 is 9.21 Å². The number of aryl methyl sites for hydroxylation is 2. The Labute approximate surface area is 156 Å². The Bertz CT molecular complexity index is 1110. The summed E-state index contributed by atoms with van der Waals surface area (Å²) in [7, 11) is 0. The first-order chi connectivity index (χ1) is 13.2. The molecule has 4 aromatic rings. The summed E-state index contributed by atoms with van der Waals surface area (Å²) in [5.41, 5.74) is 3.16. The summed E-state index contributed by atoms with van der Waals surface area (Å²) in [5.74, 6) is 2.22. The summed E-state index contributed by atoms with van der Waals surface area (Å²) in [6, 6.07) is 15.0. The monoisotopic (exact) mass is 360 g/mol. The predicted molar refractivity (Wildman–Crippen MR) is 103 cm³/mol.